The predicted molar refractivity (Wildman–Crippen MR) is 107 cm³/mol. The molecule has 1 N–H and O–H groups in total. The van der Waals surface area contributed by atoms with E-state index in [1.807, 2.05) is 0 Å². The third-order valence-electron chi connectivity index (χ3n) is 6.50. The summed E-state index contributed by atoms with van der Waals surface area (Å²) in [5.74, 6) is -1.48. The maximum absolute atomic E-state index is 14.5. The number of carbonyl (C=O) groups excluding carboxylic acids is 1. The molecule has 1 aromatic carbocycles. The van der Waals surface area contributed by atoms with Gasteiger partial charge in [0.2, 0.25) is 0 Å². The molecule has 158 valence electrons. The van der Waals surface area contributed by atoms with Crippen molar-refractivity contribution in [2.45, 2.75) is 47.1 Å². The van der Waals surface area contributed by atoms with Crippen LogP contribution in [-0.2, 0) is 10.2 Å². The van der Waals surface area contributed by atoms with Crippen molar-refractivity contribution in [2.24, 2.45) is 16.7 Å². The Kier molecular flexibility index (Phi) is 6.10. The molecule has 1 aliphatic carbocycles. The Morgan fingerprint density at radius 2 is 1.82 bits per heavy atom. The van der Waals surface area contributed by atoms with Crippen LogP contribution in [0.3, 0.4) is 0 Å². The van der Waals surface area contributed by atoms with Gasteiger partial charge in [0.25, 0.3) is 5.91 Å². The van der Waals surface area contributed by atoms with Gasteiger partial charge in [-0.15, -0.1) is 0 Å². The molecule has 0 aliphatic heterocycles. The highest BCUT2D eigenvalue weighted by atomic mass is 35.5. The number of rotatable bonds is 5. The van der Waals surface area contributed by atoms with Crippen LogP contribution in [0, 0.1) is 22.6 Å². The SMILES string of the molecule is C[C@H]1C[C@@H](Oc2cc(F)c(C(=O)NS(=O)(=O)N(C)C)cc2Cl)C(C)(C)C1(C)C. The van der Waals surface area contributed by atoms with E-state index >= 15 is 0 Å². The molecule has 1 saturated carbocycles. The first-order valence-corrected chi connectivity index (χ1v) is 10.8. The van der Waals surface area contributed by atoms with E-state index in [2.05, 4.69) is 34.6 Å². The van der Waals surface area contributed by atoms with Gasteiger partial charge >= 0.3 is 10.2 Å². The zero-order valence-electron chi connectivity index (χ0n) is 17.3. The van der Waals surface area contributed by atoms with Crippen molar-refractivity contribution < 1.29 is 22.3 Å². The summed E-state index contributed by atoms with van der Waals surface area (Å²) in [5.41, 5.74) is -0.632. The quantitative estimate of drug-likeness (QED) is 0.763. The number of amides is 1. The van der Waals surface area contributed by atoms with Gasteiger partial charge in [-0.3, -0.25) is 4.79 Å². The molecule has 6 nitrogen and oxygen atoms in total. The van der Waals surface area contributed by atoms with E-state index < -0.39 is 27.5 Å². The molecule has 0 heterocycles. The molecular formula is C19H28ClFN2O4S. The maximum atomic E-state index is 14.5. The third-order valence-corrected chi connectivity index (χ3v) is 8.20. The molecule has 2 atom stereocenters. The van der Waals surface area contributed by atoms with Crippen molar-refractivity contribution in [1.82, 2.24) is 9.03 Å². The third kappa shape index (κ3) is 4.00. The molecule has 0 unspecified atom stereocenters. The number of nitrogens with one attached hydrogen (secondary N) is 1. The van der Waals surface area contributed by atoms with Gasteiger partial charge in [-0.25, -0.2) is 9.11 Å². The lowest BCUT2D eigenvalue weighted by Gasteiger charge is -2.40. The van der Waals surface area contributed by atoms with Crippen molar-refractivity contribution >= 4 is 27.7 Å². The summed E-state index contributed by atoms with van der Waals surface area (Å²) in [6.07, 6.45) is 0.615. The molecule has 0 spiro atoms. The molecule has 0 radical (unpaired) electrons. The highest BCUT2D eigenvalue weighted by Gasteiger charge is 2.54. The molecule has 1 aliphatic rings. The summed E-state index contributed by atoms with van der Waals surface area (Å²) < 4.78 is 46.8. The van der Waals surface area contributed by atoms with Crippen LogP contribution >= 0.6 is 11.6 Å². The van der Waals surface area contributed by atoms with Crippen molar-refractivity contribution in [3.8, 4) is 5.75 Å². The summed E-state index contributed by atoms with van der Waals surface area (Å²) in [6, 6.07) is 2.12. The lowest BCUT2D eigenvalue weighted by atomic mass is 9.67. The van der Waals surface area contributed by atoms with Gasteiger partial charge in [-0.05, 0) is 23.8 Å². The van der Waals surface area contributed by atoms with Gasteiger partial charge in [0.05, 0.1) is 10.6 Å². The molecule has 0 aromatic heterocycles. The largest absolute Gasteiger partial charge is 0.488 e. The average Bonchev–Trinajstić information content (AvgIpc) is 2.69. The van der Waals surface area contributed by atoms with Crippen LogP contribution < -0.4 is 9.46 Å². The normalized spacial score (nSPS) is 23.6. The lowest BCUT2D eigenvalue weighted by Crippen LogP contribution is -2.40. The average molecular weight is 435 g/mol. The smallest absolute Gasteiger partial charge is 0.303 e. The number of halogens is 2. The van der Waals surface area contributed by atoms with Crippen LogP contribution in [0.5, 0.6) is 5.75 Å². The van der Waals surface area contributed by atoms with Crippen LogP contribution in [0.1, 0.15) is 51.4 Å². The summed E-state index contributed by atoms with van der Waals surface area (Å²) in [7, 11) is -1.54. The highest BCUT2D eigenvalue weighted by Crippen LogP contribution is 2.56. The first kappa shape index (κ1) is 22.9. The van der Waals surface area contributed by atoms with E-state index in [9.17, 15) is 17.6 Å². The van der Waals surface area contributed by atoms with Gasteiger partial charge in [-0.2, -0.15) is 12.7 Å². The van der Waals surface area contributed by atoms with Gasteiger partial charge < -0.3 is 4.74 Å². The van der Waals surface area contributed by atoms with E-state index in [0.717, 1.165) is 22.9 Å². The fourth-order valence-electron chi connectivity index (χ4n) is 3.37. The Balaban J connectivity index is 2.29. The molecule has 2 rings (SSSR count). The molecule has 9 heteroatoms. The van der Waals surface area contributed by atoms with Crippen molar-refractivity contribution in [1.29, 1.82) is 0 Å². The second-order valence-corrected chi connectivity index (χ2v) is 11.0. The van der Waals surface area contributed by atoms with Crippen molar-refractivity contribution in [3.63, 3.8) is 0 Å². The van der Waals surface area contributed by atoms with E-state index in [-0.39, 0.29) is 27.7 Å². The van der Waals surface area contributed by atoms with E-state index in [4.69, 9.17) is 16.3 Å². The second-order valence-electron chi connectivity index (χ2n) is 8.67. The monoisotopic (exact) mass is 434 g/mol. The molecule has 1 amide bonds. The Labute approximate surface area is 171 Å². The minimum atomic E-state index is -4.05. The predicted octanol–water partition coefficient (Wildman–Crippen LogP) is 3.85. The van der Waals surface area contributed by atoms with Gasteiger partial charge in [-0.1, -0.05) is 46.2 Å². The first-order valence-electron chi connectivity index (χ1n) is 9.01. The topological polar surface area (TPSA) is 75.7 Å². The highest BCUT2D eigenvalue weighted by molar-refractivity contribution is 7.87. The zero-order valence-corrected chi connectivity index (χ0v) is 18.8. The van der Waals surface area contributed by atoms with Crippen LogP contribution in [0.25, 0.3) is 0 Å². The number of nitrogens with zero attached hydrogens (tertiary/aromatic N) is 1. The molecular weight excluding hydrogens is 407 g/mol. The molecule has 1 fully saturated rings. The number of carbonyl (C=O) groups is 1. The van der Waals surface area contributed by atoms with E-state index in [1.54, 1.807) is 4.72 Å². The minimum absolute atomic E-state index is 0.0169. The second kappa shape index (κ2) is 7.46. The number of benzene rings is 1. The number of hydrogen-bond donors (Lipinski definition) is 1. The molecule has 1 aromatic rings. The molecule has 28 heavy (non-hydrogen) atoms. The zero-order chi connectivity index (χ0) is 21.7. The van der Waals surface area contributed by atoms with Crippen LogP contribution in [0.4, 0.5) is 4.39 Å². The Bertz CT molecular complexity index is 884. The maximum Gasteiger partial charge on any atom is 0.303 e. The van der Waals surface area contributed by atoms with Crippen LogP contribution in [0.15, 0.2) is 12.1 Å². The lowest BCUT2D eigenvalue weighted by molar-refractivity contribution is 0.0296. The fraction of sp³-hybridized carbons (Fsp3) is 0.632. The van der Waals surface area contributed by atoms with Gasteiger partial charge in [0.1, 0.15) is 17.7 Å². The van der Waals surface area contributed by atoms with Crippen LogP contribution in [-0.4, -0.2) is 38.8 Å². The van der Waals surface area contributed by atoms with E-state index in [0.29, 0.717) is 5.92 Å². The standard InChI is InChI=1S/C19H28ClFN2O4S/c1-11-8-16(19(4,5)18(11,2)3)27-15-10-14(21)12(9-13(15)20)17(24)22-28(25,26)23(6)7/h9-11,16H,8H2,1-7H3,(H,22,24)/t11-,16+/m0/s1. The summed E-state index contributed by atoms with van der Waals surface area (Å²) >= 11 is 6.23. The Morgan fingerprint density at radius 3 is 2.29 bits per heavy atom. The number of hydrogen-bond acceptors (Lipinski definition) is 4. The first-order chi connectivity index (χ1) is 12.6. The Morgan fingerprint density at radius 1 is 1.25 bits per heavy atom. The minimum Gasteiger partial charge on any atom is -0.488 e. The summed E-state index contributed by atoms with van der Waals surface area (Å²) in [5, 5.41) is 0.0435. The summed E-state index contributed by atoms with van der Waals surface area (Å²) in [6.45, 7) is 10.7. The van der Waals surface area contributed by atoms with E-state index in [1.165, 1.54) is 14.1 Å². The van der Waals surface area contributed by atoms with Crippen molar-refractivity contribution in [2.75, 3.05) is 14.1 Å². The molecule has 0 saturated heterocycles. The molecule has 0 bridgehead atoms. The van der Waals surface area contributed by atoms with Gasteiger partial charge in [0, 0.05) is 25.6 Å². The fourth-order valence-corrected chi connectivity index (χ4v) is 4.10. The van der Waals surface area contributed by atoms with Crippen LogP contribution in [0.2, 0.25) is 5.02 Å². The Hall–Kier alpha value is -1.38. The number of ether oxygens (including phenoxy) is 1. The van der Waals surface area contributed by atoms with Gasteiger partial charge in [0.15, 0.2) is 0 Å². The van der Waals surface area contributed by atoms with Crippen molar-refractivity contribution in [3.05, 3.63) is 28.5 Å². The summed E-state index contributed by atoms with van der Waals surface area (Å²) in [4.78, 5) is 12.2.